The smallest absolute Gasteiger partial charge is 0.140 e. The quantitative estimate of drug-likeness (QED) is 0.846. The van der Waals surface area contributed by atoms with Crippen molar-refractivity contribution in [2.75, 3.05) is 6.54 Å². The number of nitrogens with two attached hydrogens (primary N) is 1. The first-order valence-electron chi connectivity index (χ1n) is 5.54. The van der Waals surface area contributed by atoms with Gasteiger partial charge in [-0.15, -0.1) is 11.8 Å². The monoisotopic (exact) mass is 269 g/mol. The molecule has 0 unspecified atom stereocenters. The number of halogens is 2. The van der Waals surface area contributed by atoms with Crippen molar-refractivity contribution in [1.82, 2.24) is 0 Å². The maximum Gasteiger partial charge on any atom is 0.140 e. The van der Waals surface area contributed by atoms with Gasteiger partial charge in [0.1, 0.15) is 17.4 Å². The summed E-state index contributed by atoms with van der Waals surface area (Å²) in [6, 6.07) is 6.18. The molecule has 0 amide bonds. The summed E-state index contributed by atoms with van der Waals surface area (Å²) in [6.45, 7) is 0.373. The fraction of sp³-hybridized carbons (Fsp3) is 0.231. The van der Waals surface area contributed by atoms with Crippen molar-refractivity contribution in [2.45, 2.75) is 17.1 Å². The third-order valence-corrected chi connectivity index (χ3v) is 3.54. The van der Waals surface area contributed by atoms with Crippen molar-refractivity contribution in [2.24, 2.45) is 5.73 Å². The fourth-order valence-electron chi connectivity index (χ4n) is 1.60. The predicted molar refractivity (Wildman–Crippen MR) is 67.4 cm³/mol. The van der Waals surface area contributed by atoms with Gasteiger partial charge in [0.15, 0.2) is 0 Å². The first kappa shape index (κ1) is 13.1. The van der Waals surface area contributed by atoms with Crippen LogP contribution in [0.1, 0.15) is 11.3 Å². The van der Waals surface area contributed by atoms with Crippen molar-refractivity contribution in [3.8, 4) is 0 Å². The van der Waals surface area contributed by atoms with Crippen LogP contribution in [-0.4, -0.2) is 6.54 Å². The van der Waals surface area contributed by atoms with Gasteiger partial charge in [0, 0.05) is 0 Å². The maximum absolute atomic E-state index is 13.7. The molecule has 2 rings (SSSR count). The molecule has 1 heterocycles. The Labute approximate surface area is 108 Å². The van der Waals surface area contributed by atoms with Gasteiger partial charge in [0.2, 0.25) is 0 Å². The van der Waals surface area contributed by atoms with Crippen LogP contribution in [0.25, 0.3) is 0 Å². The van der Waals surface area contributed by atoms with E-state index in [9.17, 15) is 8.78 Å². The van der Waals surface area contributed by atoms with E-state index < -0.39 is 11.6 Å². The molecule has 18 heavy (non-hydrogen) atoms. The normalized spacial score (nSPS) is 10.8. The van der Waals surface area contributed by atoms with Gasteiger partial charge in [-0.1, -0.05) is 0 Å². The van der Waals surface area contributed by atoms with Crippen molar-refractivity contribution in [1.29, 1.82) is 0 Å². The van der Waals surface area contributed by atoms with E-state index in [1.807, 2.05) is 0 Å². The second kappa shape index (κ2) is 6.02. The van der Waals surface area contributed by atoms with Crippen LogP contribution in [0, 0.1) is 11.6 Å². The fourth-order valence-corrected chi connectivity index (χ4v) is 2.44. The number of benzene rings is 1. The Bertz CT molecular complexity index is 491. The van der Waals surface area contributed by atoms with Gasteiger partial charge in [-0.3, -0.25) is 0 Å². The standard InChI is InChI=1S/C13H13F2NOS/c14-11-6-9(3-4-16)7-12(15)13(11)18-8-10-2-1-5-17-10/h1-2,5-7H,3-4,8,16H2. The molecule has 0 saturated carbocycles. The number of furan rings is 1. The van der Waals surface area contributed by atoms with E-state index in [0.717, 1.165) is 11.8 Å². The van der Waals surface area contributed by atoms with Crippen LogP contribution in [0.4, 0.5) is 8.78 Å². The molecule has 0 atom stereocenters. The second-order valence-corrected chi connectivity index (χ2v) is 4.78. The van der Waals surface area contributed by atoms with Crippen molar-refractivity contribution in [3.63, 3.8) is 0 Å². The molecule has 2 N–H and O–H groups in total. The summed E-state index contributed by atoms with van der Waals surface area (Å²) in [6.07, 6.45) is 2.00. The summed E-state index contributed by atoms with van der Waals surface area (Å²) in [5.74, 6) is -0.00767. The van der Waals surface area contributed by atoms with Crippen LogP contribution in [0.15, 0.2) is 39.8 Å². The molecule has 0 aliphatic rings. The number of hydrogen-bond donors (Lipinski definition) is 1. The predicted octanol–water partition coefficient (Wildman–Crippen LogP) is 3.35. The van der Waals surface area contributed by atoms with Gasteiger partial charge < -0.3 is 10.2 Å². The van der Waals surface area contributed by atoms with E-state index >= 15 is 0 Å². The molecule has 0 bridgehead atoms. The number of hydrogen-bond acceptors (Lipinski definition) is 3. The summed E-state index contributed by atoms with van der Waals surface area (Å²) in [4.78, 5) is 0.0205. The first-order valence-corrected chi connectivity index (χ1v) is 6.52. The van der Waals surface area contributed by atoms with Crippen molar-refractivity contribution in [3.05, 3.63) is 53.5 Å². The Kier molecular flexibility index (Phi) is 4.38. The third-order valence-electron chi connectivity index (χ3n) is 2.43. The van der Waals surface area contributed by atoms with Gasteiger partial charge in [-0.25, -0.2) is 8.78 Å². The summed E-state index contributed by atoms with van der Waals surface area (Å²) < 4.78 is 32.6. The zero-order chi connectivity index (χ0) is 13.0. The van der Waals surface area contributed by atoms with E-state index in [1.54, 1.807) is 12.1 Å². The largest absolute Gasteiger partial charge is 0.468 e. The summed E-state index contributed by atoms with van der Waals surface area (Å²) >= 11 is 1.08. The molecule has 0 fully saturated rings. The van der Waals surface area contributed by atoms with Crippen LogP contribution in [0.2, 0.25) is 0 Å². The summed E-state index contributed by atoms with van der Waals surface area (Å²) in [7, 11) is 0. The Morgan fingerprint density at radius 2 is 1.94 bits per heavy atom. The van der Waals surface area contributed by atoms with Crippen molar-refractivity contribution < 1.29 is 13.2 Å². The zero-order valence-corrected chi connectivity index (χ0v) is 10.5. The summed E-state index contributed by atoms with van der Waals surface area (Å²) in [5, 5.41) is 0. The van der Waals surface area contributed by atoms with Crippen LogP contribution in [0.5, 0.6) is 0 Å². The lowest BCUT2D eigenvalue weighted by molar-refractivity contribution is 0.527. The Hall–Kier alpha value is -1.33. The topological polar surface area (TPSA) is 39.2 Å². The van der Waals surface area contributed by atoms with E-state index in [1.165, 1.54) is 18.4 Å². The molecule has 1 aromatic carbocycles. The minimum absolute atomic E-state index is 0.0205. The molecule has 0 aliphatic carbocycles. The SMILES string of the molecule is NCCc1cc(F)c(SCc2ccco2)c(F)c1. The van der Waals surface area contributed by atoms with Gasteiger partial charge >= 0.3 is 0 Å². The highest BCUT2D eigenvalue weighted by atomic mass is 32.2. The van der Waals surface area contributed by atoms with Crippen LogP contribution in [0.3, 0.4) is 0 Å². The lowest BCUT2D eigenvalue weighted by Gasteiger charge is -2.06. The number of rotatable bonds is 5. The molecule has 2 aromatic rings. The van der Waals surface area contributed by atoms with E-state index in [-0.39, 0.29) is 4.90 Å². The average molecular weight is 269 g/mol. The lowest BCUT2D eigenvalue weighted by Crippen LogP contribution is -2.04. The maximum atomic E-state index is 13.7. The van der Waals surface area contributed by atoms with E-state index in [0.29, 0.717) is 30.0 Å². The second-order valence-electron chi connectivity index (χ2n) is 3.80. The molecule has 5 heteroatoms. The van der Waals surface area contributed by atoms with Gasteiger partial charge in [-0.05, 0) is 42.8 Å². The number of thioether (sulfide) groups is 1. The average Bonchev–Trinajstić information content (AvgIpc) is 2.81. The zero-order valence-electron chi connectivity index (χ0n) is 9.66. The molecule has 0 radical (unpaired) electrons. The van der Waals surface area contributed by atoms with Gasteiger partial charge in [0.05, 0.1) is 16.9 Å². The van der Waals surface area contributed by atoms with Gasteiger partial charge in [0.25, 0.3) is 0 Å². The Balaban J connectivity index is 2.12. The molecule has 1 aromatic heterocycles. The van der Waals surface area contributed by atoms with Crippen LogP contribution in [-0.2, 0) is 12.2 Å². The molecule has 0 spiro atoms. The third kappa shape index (κ3) is 3.11. The highest BCUT2D eigenvalue weighted by molar-refractivity contribution is 7.98. The van der Waals surface area contributed by atoms with E-state index in [2.05, 4.69) is 0 Å². The first-order chi connectivity index (χ1) is 8.70. The molecule has 2 nitrogen and oxygen atoms in total. The molecule has 0 aliphatic heterocycles. The van der Waals surface area contributed by atoms with Gasteiger partial charge in [-0.2, -0.15) is 0 Å². The van der Waals surface area contributed by atoms with Crippen molar-refractivity contribution >= 4 is 11.8 Å². The molecule has 0 saturated heterocycles. The highest BCUT2D eigenvalue weighted by Crippen LogP contribution is 2.29. The lowest BCUT2D eigenvalue weighted by atomic mass is 10.1. The van der Waals surface area contributed by atoms with Crippen LogP contribution < -0.4 is 5.73 Å². The highest BCUT2D eigenvalue weighted by Gasteiger charge is 2.12. The molecule has 96 valence electrons. The molecular weight excluding hydrogens is 256 g/mol. The Morgan fingerprint density at radius 3 is 2.50 bits per heavy atom. The Morgan fingerprint density at radius 1 is 1.22 bits per heavy atom. The minimum atomic E-state index is -0.546. The van der Waals surface area contributed by atoms with E-state index in [4.69, 9.17) is 10.2 Å². The minimum Gasteiger partial charge on any atom is -0.468 e. The molecular formula is C13H13F2NOS. The van der Waals surface area contributed by atoms with Crippen LogP contribution >= 0.6 is 11.8 Å². The summed E-state index contributed by atoms with van der Waals surface area (Å²) in [5.41, 5.74) is 5.94.